The number of carboxylic acids is 1. The van der Waals surface area contributed by atoms with Gasteiger partial charge < -0.3 is 24.9 Å². The summed E-state index contributed by atoms with van der Waals surface area (Å²) in [5, 5.41) is 12.6. The Morgan fingerprint density at radius 1 is 1.08 bits per heavy atom. The summed E-state index contributed by atoms with van der Waals surface area (Å²) in [6.07, 6.45) is -4.17. The van der Waals surface area contributed by atoms with E-state index in [9.17, 15) is 31.1 Å². The van der Waals surface area contributed by atoms with Crippen molar-refractivity contribution in [2.75, 3.05) is 17.7 Å². The first kappa shape index (κ1) is 26.8. The number of carboxylic acid groups (broad SMARTS) is 1. The average Bonchev–Trinajstić information content (AvgIpc) is 3.19. The second-order valence-electron chi connectivity index (χ2n) is 7.10. The number of nitrogens with zero attached hydrogens (tertiary/aromatic N) is 2. The molecule has 0 amide bonds. The fourth-order valence-electron chi connectivity index (χ4n) is 2.83. The smallest absolute Gasteiger partial charge is 0.490 e. The first-order valence-corrected chi connectivity index (χ1v) is 9.81. The van der Waals surface area contributed by atoms with Gasteiger partial charge in [0.1, 0.15) is 0 Å². The minimum Gasteiger partial charge on any atom is -0.494 e. The molecule has 16 heteroatoms. The molecule has 2 aromatic carbocycles. The zero-order valence-corrected chi connectivity index (χ0v) is 18.6. The minimum atomic E-state index is -5.08. The van der Waals surface area contributed by atoms with E-state index in [0.29, 0.717) is 11.3 Å². The Morgan fingerprint density at radius 2 is 1.73 bits per heavy atom. The number of halogens is 6. The van der Waals surface area contributed by atoms with E-state index in [1.807, 2.05) is 0 Å². The molecular formula is C21H15F6N5O5. The van der Waals surface area contributed by atoms with Crippen molar-refractivity contribution in [1.82, 2.24) is 15.0 Å². The minimum absolute atomic E-state index is 0.00484. The van der Waals surface area contributed by atoms with E-state index < -0.39 is 35.4 Å². The maximum absolute atomic E-state index is 14.2. The highest BCUT2D eigenvalue weighted by Crippen LogP contribution is 2.28. The van der Waals surface area contributed by atoms with Crippen molar-refractivity contribution in [2.45, 2.75) is 13.1 Å². The van der Waals surface area contributed by atoms with Gasteiger partial charge in [-0.2, -0.15) is 18.2 Å². The molecule has 0 saturated carbocycles. The Labute approximate surface area is 201 Å². The molecule has 0 saturated heterocycles. The van der Waals surface area contributed by atoms with Crippen molar-refractivity contribution >= 4 is 40.2 Å². The van der Waals surface area contributed by atoms with Crippen LogP contribution in [-0.4, -0.2) is 39.3 Å². The van der Waals surface area contributed by atoms with Crippen LogP contribution in [0, 0.1) is 24.4 Å². The molecule has 0 bridgehead atoms. The predicted octanol–water partition coefficient (Wildman–Crippen LogP) is 4.77. The van der Waals surface area contributed by atoms with Gasteiger partial charge in [0.25, 0.3) is 0 Å². The van der Waals surface area contributed by atoms with Gasteiger partial charge >= 0.3 is 17.9 Å². The van der Waals surface area contributed by atoms with Gasteiger partial charge in [0.05, 0.1) is 18.8 Å². The van der Waals surface area contributed by atoms with Crippen LogP contribution in [0.1, 0.15) is 5.56 Å². The number of H-pyrrole nitrogens is 1. The summed E-state index contributed by atoms with van der Waals surface area (Å²) in [6.45, 7) is 1.56. The topological polar surface area (TPSA) is 142 Å². The van der Waals surface area contributed by atoms with E-state index in [2.05, 4.69) is 30.0 Å². The summed E-state index contributed by atoms with van der Waals surface area (Å²) < 4.78 is 83.6. The molecule has 0 aliphatic rings. The van der Waals surface area contributed by atoms with Crippen LogP contribution in [0.15, 0.2) is 39.7 Å². The van der Waals surface area contributed by atoms with Crippen molar-refractivity contribution in [3.05, 3.63) is 64.0 Å². The Hall–Kier alpha value is -4.76. The summed E-state index contributed by atoms with van der Waals surface area (Å²) in [4.78, 5) is 30.3. The molecule has 4 N–H and O–H groups in total. The number of anilines is 4. The number of aliphatic carboxylic acids is 1. The van der Waals surface area contributed by atoms with Crippen molar-refractivity contribution in [3.8, 4) is 5.75 Å². The number of oxazole rings is 1. The zero-order valence-electron chi connectivity index (χ0n) is 18.6. The molecule has 4 rings (SSSR count). The van der Waals surface area contributed by atoms with Crippen LogP contribution in [-0.2, 0) is 4.79 Å². The van der Waals surface area contributed by atoms with Gasteiger partial charge in [0, 0.05) is 23.5 Å². The number of methoxy groups -OCH3 is 1. The standard InChI is InChI=1S/C19H14F3N5O3.C2HF3O2/c1-8-3-9(6-14(29-2)15(8)22)25-18-23-7-12(21)17(27-18)24-10-4-11(20)16-13(5-10)26-19(28)30-16;3-2(4,5)1(6)7/h3-7H,1-2H3,(H,26,28)(H2,23,24,25,27);(H,6,7). The quantitative estimate of drug-likeness (QED) is 0.268. The monoisotopic (exact) mass is 531 g/mol. The lowest BCUT2D eigenvalue weighted by Gasteiger charge is -2.12. The molecule has 4 aromatic rings. The van der Waals surface area contributed by atoms with Crippen LogP contribution >= 0.6 is 0 Å². The Bertz CT molecular complexity index is 1520. The van der Waals surface area contributed by atoms with Gasteiger partial charge in [-0.3, -0.25) is 4.98 Å². The van der Waals surface area contributed by atoms with Crippen molar-refractivity contribution < 1.29 is 45.4 Å². The van der Waals surface area contributed by atoms with Gasteiger partial charge in [-0.05, 0) is 24.6 Å². The van der Waals surface area contributed by atoms with E-state index in [0.717, 1.165) is 12.3 Å². The molecule has 196 valence electrons. The molecular weight excluding hydrogens is 516 g/mol. The van der Waals surface area contributed by atoms with E-state index in [1.54, 1.807) is 6.92 Å². The number of aromatic amines is 1. The summed E-state index contributed by atoms with van der Waals surface area (Å²) in [5.41, 5.74) is 0.739. The number of aromatic nitrogens is 3. The highest BCUT2D eigenvalue weighted by atomic mass is 19.4. The van der Waals surface area contributed by atoms with Crippen LogP contribution in [0.3, 0.4) is 0 Å². The average molecular weight is 531 g/mol. The number of hydrogen-bond donors (Lipinski definition) is 4. The van der Waals surface area contributed by atoms with Gasteiger partial charge in [-0.15, -0.1) is 0 Å². The number of fused-ring (bicyclic) bond motifs is 1. The fraction of sp³-hybridized carbons (Fsp3) is 0.143. The lowest BCUT2D eigenvalue weighted by molar-refractivity contribution is -0.192. The fourth-order valence-corrected chi connectivity index (χ4v) is 2.83. The summed E-state index contributed by atoms with van der Waals surface area (Å²) in [5.74, 6) is -5.90. The molecule has 0 aliphatic carbocycles. The molecule has 0 radical (unpaired) electrons. The molecule has 10 nitrogen and oxygen atoms in total. The highest BCUT2D eigenvalue weighted by Gasteiger charge is 2.38. The summed E-state index contributed by atoms with van der Waals surface area (Å²) >= 11 is 0. The van der Waals surface area contributed by atoms with E-state index >= 15 is 0 Å². The van der Waals surface area contributed by atoms with Crippen LogP contribution in [0.5, 0.6) is 5.75 Å². The summed E-state index contributed by atoms with van der Waals surface area (Å²) in [6, 6.07) is 5.31. The zero-order chi connectivity index (χ0) is 27.5. The van der Waals surface area contributed by atoms with E-state index in [1.165, 1.54) is 25.3 Å². The van der Waals surface area contributed by atoms with Crippen LogP contribution < -0.4 is 21.1 Å². The van der Waals surface area contributed by atoms with Crippen molar-refractivity contribution in [2.24, 2.45) is 0 Å². The third kappa shape index (κ3) is 6.47. The van der Waals surface area contributed by atoms with Gasteiger partial charge in [-0.25, -0.2) is 27.7 Å². The lowest BCUT2D eigenvalue weighted by atomic mass is 10.2. The van der Waals surface area contributed by atoms with Gasteiger partial charge in [0.2, 0.25) is 5.95 Å². The maximum atomic E-state index is 14.2. The molecule has 2 heterocycles. The third-order valence-corrected chi connectivity index (χ3v) is 4.42. The molecule has 37 heavy (non-hydrogen) atoms. The molecule has 0 atom stereocenters. The van der Waals surface area contributed by atoms with Crippen LogP contribution in [0.4, 0.5) is 49.5 Å². The summed E-state index contributed by atoms with van der Waals surface area (Å²) in [7, 11) is 1.33. The number of nitrogens with one attached hydrogen (secondary N) is 3. The Kier molecular flexibility index (Phi) is 7.59. The molecule has 0 unspecified atom stereocenters. The first-order valence-electron chi connectivity index (χ1n) is 9.81. The van der Waals surface area contributed by atoms with Gasteiger partial charge in [-0.1, -0.05) is 0 Å². The number of benzene rings is 2. The third-order valence-electron chi connectivity index (χ3n) is 4.42. The molecule has 0 fully saturated rings. The van der Waals surface area contributed by atoms with E-state index in [-0.39, 0.29) is 34.3 Å². The number of carbonyl (C=O) groups is 1. The van der Waals surface area contributed by atoms with Crippen molar-refractivity contribution in [1.29, 1.82) is 0 Å². The number of rotatable bonds is 5. The second kappa shape index (κ2) is 10.5. The first-order chi connectivity index (χ1) is 17.3. The van der Waals surface area contributed by atoms with E-state index in [4.69, 9.17) is 14.6 Å². The SMILES string of the molecule is COc1cc(Nc2ncc(F)c(Nc3cc(F)c4oc(=O)[nH]c4c3)n2)cc(C)c1F.O=C(O)C(F)(F)F. The predicted molar refractivity (Wildman–Crippen MR) is 117 cm³/mol. The lowest BCUT2D eigenvalue weighted by Crippen LogP contribution is -2.21. The number of alkyl halides is 3. The number of ether oxygens (including phenoxy) is 1. The molecule has 2 aromatic heterocycles. The second-order valence-corrected chi connectivity index (χ2v) is 7.10. The Balaban J connectivity index is 0.000000479. The van der Waals surface area contributed by atoms with Crippen LogP contribution in [0.2, 0.25) is 0 Å². The largest absolute Gasteiger partial charge is 0.494 e. The van der Waals surface area contributed by atoms with Gasteiger partial charge in [0.15, 0.2) is 34.6 Å². The Morgan fingerprint density at radius 3 is 2.35 bits per heavy atom. The van der Waals surface area contributed by atoms with Crippen LogP contribution in [0.25, 0.3) is 11.1 Å². The molecule has 0 spiro atoms. The molecule has 0 aliphatic heterocycles. The van der Waals surface area contributed by atoms with Crippen molar-refractivity contribution in [3.63, 3.8) is 0 Å². The number of hydrogen-bond acceptors (Lipinski definition) is 8. The maximum Gasteiger partial charge on any atom is 0.490 e. The number of aryl methyl sites for hydroxylation is 1. The normalized spacial score (nSPS) is 11.0. The highest BCUT2D eigenvalue weighted by molar-refractivity contribution is 5.79.